The summed E-state index contributed by atoms with van der Waals surface area (Å²) in [5.41, 5.74) is 3.45. The molecule has 0 bridgehead atoms. The van der Waals surface area contributed by atoms with Crippen LogP contribution in [0.4, 0.5) is 5.69 Å². The number of anilines is 1. The number of benzene rings is 2. The highest BCUT2D eigenvalue weighted by Crippen LogP contribution is 2.22. The predicted molar refractivity (Wildman–Crippen MR) is 117 cm³/mol. The average Bonchev–Trinajstić information content (AvgIpc) is 3.00. The number of amides is 1. The molecule has 0 aliphatic carbocycles. The van der Waals surface area contributed by atoms with Crippen LogP contribution < -0.4 is 5.32 Å². The summed E-state index contributed by atoms with van der Waals surface area (Å²) in [6.07, 6.45) is 1.12. The van der Waals surface area contributed by atoms with E-state index >= 15 is 0 Å². The Morgan fingerprint density at radius 2 is 1.77 bits per heavy atom. The molecule has 0 unspecified atom stereocenters. The van der Waals surface area contributed by atoms with Crippen molar-refractivity contribution in [3.05, 3.63) is 77.1 Å². The van der Waals surface area contributed by atoms with Crippen LogP contribution in [0.3, 0.4) is 0 Å². The van der Waals surface area contributed by atoms with Crippen molar-refractivity contribution in [2.24, 2.45) is 0 Å². The first kappa shape index (κ1) is 22.2. The SMILES string of the molecule is Cc1nn(-c2ccccc2)c(C)c1NC(=O)COC(=O)c1cccc(CS(C)(=O)=O)c1. The average molecular weight is 442 g/mol. The van der Waals surface area contributed by atoms with Gasteiger partial charge in [-0.25, -0.2) is 17.9 Å². The maximum absolute atomic E-state index is 12.3. The van der Waals surface area contributed by atoms with Gasteiger partial charge in [0.1, 0.15) is 0 Å². The normalized spacial score (nSPS) is 11.2. The summed E-state index contributed by atoms with van der Waals surface area (Å²) in [7, 11) is -3.23. The third-order valence-corrected chi connectivity index (χ3v) is 5.34. The lowest BCUT2D eigenvalue weighted by Gasteiger charge is -2.08. The highest BCUT2D eigenvalue weighted by molar-refractivity contribution is 7.89. The van der Waals surface area contributed by atoms with Crippen molar-refractivity contribution in [1.29, 1.82) is 0 Å². The number of carbonyl (C=O) groups is 2. The third-order valence-electron chi connectivity index (χ3n) is 4.48. The van der Waals surface area contributed by atoms with Crippen LogP contribution in [0.15, 0.2) is 54.6 Å². The fourth-order valence-corrected chi connectivity index (χ4v) is 3.91. The quantitative estimate of drug-likeness (QED) is 0.565. The van der Waals surface area contributed by atoms with Crippen LogP contribution in [0.25, 0.3) is 5.69 Å². The summed E-state index contributed by atoms with van der Waals surface area (Å²) in [5, 5.41) is 7.20. The monoisotopic (exact) mass is 441 g/mol. The molecule has 0 radical (unpaired) electrons. The first-order valence-corrected chi connectivity index (χ1v) is 11.6. The summed E-state index contributed by atoms with van der Waals surface area (Å²) < 4.78 is 29.7. The summed E-state index contributed by atoms with van der Waals surface area (Å²) in [6, 6.07) is 15.6. The van der Waals surface area contributed by atoms with Gasteiger partial charge in [0.05, 0.1) is 34.1 Å². The van der Waals surface area contributed by atoms with Gasteiger partial charge in [-0.15, -0.1) is 0 Å². The molecule has 0 atom stereocenters. The molecule has 31 heavy (non-hydrogen) atoms. The Labute approximate surface area is 180 Å². The van der Waals surface area contributed by atoms with Gasteiger partial charge in [-0.2, -0.15) is 5.10 Å². The molecule has 0 aliphatic heterocycles. The lowest BCUT2D eigenvalue weighted by atomic mass is 10.1. The number of aryl methyl sites for hydroxylation is 1. The summed E-state index contributed by atoms with van der Waals surface area (Å²) in [5.74, 6) is -1.39. The number of carbonyl (C=O) groups excluding carboxylic acids is 2. The Morgan fingerprint density at radius 1 is 1.06 bits per heavy atom. The number of hydrogen-bond acceptors (Lipinski definition) is 6. The van der Waals surface area contributed by atoms with Gasteiger partial charge in [-0.3, -0.25) is 4.79 Å². The predicted octanol–water partition coefficient (Wildman–Crippen LogP) is 2.83. The largest absolute Gasteiger partial charge is 0.452 e. The first-order chi connectivity index (χ1) is 14.6. The van der Waals surface area contributed by atoms with Gasteiger partial charge in [0, 0.05) is 6.26 Å². The minimum absolute atomic E-state index is 0.179. The minimum Gasteiger partial charge on any atom is -0.452 e. The van der Waals surface area contributed by atoms with E-state index in [2.05, 4.69) is 10.4 Å². The number of aromatic nitrogens is 2. The van der Waals surface area contributed by atoms with Gasteiger partial charge in [0.2, 0.25) is 0 Å². The molecule has 3 aromatic rings. The molecule has 1 N–H and O–H groups in total. The molecule has 0 saturated heterocycles. The van der Waals surface area contributed by atoms with Crippen molar-refractivity contribution in [1.82, 2.24) is 9.78 Å². The van der Waals surface area contributed by atoms with Crippen molar-refractivity contribution >= 4 is 27.4 Å². The molecule has 0 spiro atoms. The van der Waals surface area contributed by atoms with Gasteiger partial charge < -0.3 is 10.1 Å². The number of nitrogens with zero attached hydrogens (tertiary/aromatic N) is 2. The van der Waals surface area contributed by atoms with Crippen LogP contribution in [0.2, 0.25) is 0 Å². The van der Waals surface area contributed by atoms with E-state index in [-0.39, 0.29) is 11.3 Å². The van der Waals surface area contributed by atoms with E-state index in [9.17, 15) is 18.0 Å². The Morgan fingerprint density at radius 3 is 2.45 bits per heavy atom. The molecule has 1 heterocycles. The Balaban J connectivity index is 1.64. The number of sulfone groups is 1. The zero-order valence-corrected chi connectivity index (χ0v) is 18.3. The van der Waals surface area contributed by atoms with Crippen LogP contribution in [0, 0.1) is 13.8 Å². The molecule has 8 nitrogen and oxygen atoms in total. The van der Waals surface area contributed by atoms with E-state index in [4.69, 9.17) is 4.74 Å². The number of nitrogens with one attached hydrogen (secondary N) is 1. The second-order valence-corrected chi connectivity index (χ2v) is 9.33. The number of rotatable bonds is 7. The van der Waals surface area contributed by atoms with Crippen LogP contribution in [-0.4, -0.2) is 42.9 Å². The smallest absolute Gasteiger partial charge is 0.338 e. The molecule has 0 saturated carbocycles. The minimum atomic E-state index is -3.23. The Kier molecular flexibility index (Phi) is 6.55. The van der Waals surface area contributed by atoms with E-state index in [0.29, 0.717) is 16.9 Å². The van der Waals surface area contributed by atoms with E-state index in [0.717, 1.165) is 17.6 Å². The van der Waals surface area contributed by atoms with Crippen molar-refractivity contribution < 1.29 is 22.7 Å². The van der Waals surface area contributed by atoms with Crippen molar-refractivity contribution in [2.75, 3.05) is 18.2 Å². The molecule has 1 amide bonds. The van der Waals surface area contributed by atoms with E-state index in [1.807, 2.05) is 37.3 Å². The second-order valence-electron chi connectivity index (χ2n) is 7.19. The Bertz CT molecular complexity index is 1220. The lowest BCUT2D eigenvalue weighted by molar-refractivity contribution is -0.119. The Hall–Kier alpha value is -3.46. The number of esters is 1. The zero-order chi connectivity index (χ0) is 22.6. The van der Waals surface area contributed by atoms with Gasteiger partial charge in [0.25, 0.3) is 5.91 Å². The molecule has 2 aromatic carbocycles. The van der Waals surface area contributed by atoms with E-state index < -0.39 is 28.3 Å². The van der Waals surface area contributed by atoms with Crippen LogP contribution >= 0.6 is 0 Å². The number of hydrogen-bond donors (Lipinski definition) is 1. The number of para-hydroxylation sites is 1. The molecule has 3 rings (SSSR count). The van der Waals surface area contributed by atoms with Crippen molar-refractivity contribution in [3.63, 3.8) is 0 Å². The van der Waals surface area contributed by atoms with Crippen LogP contribution in [0.1, 0.15) is 27.3 Å². The molecular formula is C22H23N3O5S. The summed E-state index contributed by atoms with van der Waals surface area (Å²) in [6.45, 7) is 3.13. The lowest BCUT2D eigenvalue weighted by Crippen LogP contribution is -2.21. The highest BCUT2D eigenvalue weighted by atomic mass is 32.2. The zero-order valence-electron chi connectivity index (χ0n) is 17.5. The molecule has 0 fully saturated rings. The molecule has 162 valence electrons. The highest BCUT2D eigenvalue weighted by Gasteiger charge is 2.17. The maximum Gasteiger partial charge on any atom is 0.338 e. The summed E-state index contributed by atoms with van der Waals surface area (Å²) >= 11 is 0. The van der Waals surface area contributed by atoms with Gasteiger partial charge in [-0.1, -0.05) is 30.3 Å². The van der Waals surface area contributed by atoms with Crippen molar-refractivity contribution in [3.8, 4) is 5.69 Å². The second kappa shape index (κ2) is 9.13. The molecular weight excluding hydrogens is 418 g/mol. The van der Waals surface area contributed by atoms with Crippen LogP contribution in [0.5, 0.6) is 0 Å². The molecule has 0 aliphatic rings. The van der Waals surface area contributed by atoms with Gasteiger partial charge in [0.15, 0.2) is 16.4 Å². The molecule has 1 aromatic heterocycles. The standard InChI is InChI=1S/C22H23N3O5S/c1-15-21(16(2)25(24-15)19-10-5-4-6-11-19)23-20(26)13-30-22(27)18-9-7-8-17(12-18)14-31(3,28)29/h4-12H,13-14H2,1-3H3,(H,23,26). The van der Waals surface area contributed by atoms with E-state index in [1.54, 1.807) is 23.7 Å². The van der Waals surface area contributed by atoms with Crippen LogP contribution in [-0.2, 0) is 25.1 Å². The topological polar surface area (TPSA) is 107 Å². The number of ether oxygens (including phenoxy) is 1. The fourth-order valence-electron chi connectivity index (χ4n) is 3.12. The van der Waals surface area contributed by atoms with E-state index in [1.165, 1.54) is 12.1 Å². The fraction of sp³-hybridized carbons (Fsp3) is 0.227. The van der Waals surface area contributed by atoms with Gasteiger partial charge in [-0.05, 0) is 43.7 Å². The third kappa shape index (κ3) is 5.79. The summed E-state index contributed by atoms with van der Waals surface area (Å²) in [4.78, 5) is 24.6. The van der Waals surface area contributed by atoms with Gasteiger partial charge >= 0.3 is 5.97 Å². The van der Waals surface area contributed by atoms with Crippen molar-refractivity contribution in [2.45, 2.75) is 19.6 Å². The first-order valence-electron chi connectivity index (χ1n) is 9.49. The maximum atomic E-state index is 12.3. The molecule has 9 heteroatoms.